The van der Waals surface area contributed by atoms with E-state index in [1.807, 2.05) is 0 Å². The molecule has 1 amide bonds. The Labute approximate surface area is 140 Å². The Morgan fingerprint density at radius 3 is 2.71 bits per heavy atom. The number of carbonyl (C=O) groups is 3. The molecule has 2 aliphatic rings. The molecular weight excluding hydrogens is 338 g/mol. The molecular formula is C13H17N5O5S. The van der Waals surface area contributed by atoms with E-state index in [0.717, 1.165) is 0 Å². The maximum absolute atomic E-state index is 12.0. The number of hydrogen-bond donors (Lipinski definition) is 5. The molecule has 1 heterocycles. The number of aliphatic carboxylic acids is 2. The summed E-state index contributed by atoms with van der Waals surface area (Å²) >= 11 is 1.25. The van der Waals surface area contributed by atoms with E-state index in [1.54, 1.807) is 0 Å². The van der Waals surface area contributed by atoms with E-state index in [9.17, 15) is 24.6 Å². The van der Waals surface area contributed by atoms with E-state index in [2.05, 4.69) is 20.5 Å². The summed E-state index contributed by atoms with van der Waals surface area (Å²) in [5.74, 6) is -4.76. The zero-order valence-corrected chi connectivity index (χ0v) is 13.5. The normalized spacial score (nSPS) is 35.1. The number of carboxylic acid groups (broad SMARTS) is 2. The van der Waals surface area contributed by atoms with Gasteiger partial charge in [0.05, 0.1) is 12.0 Å². The number of amides is 1. The van der Waals surface area contributed by atoms with Crippen LogP contribution >= 0.6 is 11.8 Å². The number of nitrogens with one attached hydrogen (secondary N) is 2. The summed E-state index contributed by atoms with van der Waals surface area (Å²) in [6, 6.07) is -0.886. The number of hydrogen-bond acceptors (Lipinski definition) is 7. The molecule has 0 aromatic carbocycles. The van der Waals surface area contributed by atoms with Crippen molar-refractivity contribution in [3.63, 3.8) is 0 Å². The van der Waals surface area contributed by atoms with Crippen LogP contribution < -0.4 is 11.1 Å². The highest BCUT2D eigenvalue weighted by Crippen LogP contribution is 2.65. The van der Waals surface area contributed by atoms with Crippen molar-refractivity contribution in [3.05, 3.63) is 6.33 Å². The zero-order chi connectivity index (χ0) is 17.6. The maximum Gasteiger partial charge on any atom is 0.329 e. The third-order valence-electron chi connectivity index (χ3n) is 4.68. The van der Waals surface area contributed by atoms with Gasteiger partial charge in [-0.05, 0) is 19.3 Å². The first-order valence-electron chi connectivity index (χ1n) is 7.33. The number of carboxylic acids is 2. The Hall–Kier alpha value is -2.14. The molecule has 0 spiro atoms. The molecule has 1 aromatic heterocycles. The van der Waals surface area contributed by atoms with Crippen molar-refractivity contribution in [1.29, 1.82) is 0 Å². The van der Waals surface area contributed by atoms with Gasteiger partial charge in [-0.25, -0.2) is 9.78 Å². The molecule has 11 heteroatoms. The van der Waals surface area contributed by atoms with Gasteiger partial charge in [0.15, 0.2) is 5.16 Å². The lowest BCUT2D eigenvalue weighted by atomic mass is 9.89. The molecule has 0 saturated heterocycles. The summed E-state index contributed by atoms with van der Waals surface area (Å²) in [4.78, 5) is 39.4. The van der Waals surface area contributed by atoms with E-state index >= 15 is 0 Å². The van der Waals surface area contributed by atoms with Crippen molar-refractivity contribution in [3.8, 4) is 0 Å². The summed E-state index contributed by atoms with van der Waals surface area (Å²) in [7, 11) is 0. The summed E-state index contributed by atoms with van der Waals surface area (Å²) in [6.45, 7) is 1.44. The molecule has 3 rings (SSSR count). The van der Waals surface area contributed by atoms with Gasteiger partial charge in [-0.2, -0.15) is 5.10 Å². The number of nitrogens with zero attached hydrogens (tertiary/aromatic N) is 2. The van der Waals surface area contributed by atoms with Gasteiger partial charge >= 0.3 is 11.9 Å². The second kappa shape index (κ2) is 5.74. The molecule has 6 atom stereocenters. The average molecular weight is 355 g/mol. The van der Waals surface area contributed by atoms with E-state index in [-0.39, 0.29) is 17.6 Å². The largest absolute Gasteiger partial charge is 0.481 e. The van der Waals surface area contributed by atoms with Gasteiger partial charge in [0.25, 0.3) is 0 Å². The van der Waals surface area contributed by atoms with Crippen LogP contribution in [0.1, 0.15) is 13.3 Å². The number of rotatable bonds is 6. The number of fused-ring (bicyclic) bond motifs is 1. The number of carbonyl (C=O) groups excluding carboxylic acids is 1. The second-order valence-corrected chi connectivity index (χ2v) is 7.40. The van der Waals surface area contributed by atoms with Crippen molar-refractivity contribution in [1.82, 2.24) is 20.5 Å². The van der Waals surface area contributed by atoms with Crippen LogP contribution in [0.25, 0.3) is 0 Å². The third-order valence-corrected chi connectivity index (χ3v) is 5.88. The fourth-order valence-corrected chi connectivity index (χ4v) is 4.95. The zero-order valence-electron chi connectivity index (χ0n) is 12.7. The Balaban J connectivity index is 1.90. The van der Waals surface area contributed by atoms with Gasteiger partial charge in [-0.3, -0.25) is 14.7 Å². The number of thioether (sulfide) groups is 1. The highest BCUT2D eigenvalue weighted by molar-refractivity contribution is 7.99. The van der Waals surface area contributed by atoms with Crippen LogP contribution in [0.2, 0.25) is 0 Å². The average Bonchev–Trinajstić information content (AvgIpc) is 2.90. The van der Waals surface area contributed by atoms with Crippen LogP contribution in [-0.2, 0) is 14.4 Å². The summed E-state index contributed by atoms with van der Waals surface area (Å²) in [5, 5.41) is 28.2. The number of aromatic amines is 1. The fraction of sp³-hybridized carbons (Fsp3) is 0.615. The Morgan fingerprint density at radius 2 is 2.21 bits per heavy atom. The third kappa shape index (κ3) is 2.53. The fourth-order valence-electron chi connectivity index (χ4n) is 3.61. The van der Waals surface area contributed by atoms with E-state index < -0.39 is 41.3 Å². The highest BCUT2D eigenvalue weighted by atomic mass is 32.2. The SMILES string of the molecule is C[C@H](N)C(=O)N[C@]1(C(=O)O)C[C@@H](Sc2ncn[nH]2)[C@H]2[C@H](C(=O)O)[C@H]21. The lowest BCUT2D eigenvalue weighted by Gasteiger charge is -2.30. The van der Waals surface area contributed by atoms with Crippen molar-refractivity contribution < 1.29 is 24.6 Å². The van der Waals surface area contributed by atoms with E-state index in [0.29, 0.717) is 5.16 Å². The molecule has 2 fully saturated rings. The molecule has 2 aliphatic carbocycles. The first kappa shape index (κ1) is 16.7. The summed E-state index contributed by atoms with van der Waals surface area (Å²) < 4.78 is 0. The number of nitrogens with two attached hydrogens (primary N) is 1. The van der Waals surface area contributed by atoms with Crippen LogP contribution in [0, 0.1) is 17.8 Å². The van der Waals surface area contributed by atoms with Gasteiger partial charge < -0.3 is 21.3 Å². The lowest BCUT2D eigenvalue weighted by molar-refractivity contribution is -0.149. The number of H-pyrrole nitrogens is 1. The summed E-state index contributed by atoms with van der Waals surface area (Å²) in [6.07, 6.45) is 1.42. The predicted molar refractivity (Wildman–Crippen MR) is 80.9 cm³/mol. The van der Waals surface area contributed by atoms with E-state index in [1.165, 1.54) is 25.0 Å². The lowest BCUT2D eigenvalue weighted by Crippen LogP contribution is -2.59. The summed E-state index contributed by atoms with van der Waals surface area (Å²) in [5.41, 5.74) is 3.89. The molecule has 0 unspecified atom stereocenters. The quantitative estimate of drug-likeness (QED) is 0.425. The van der Waals surface area contributed by atoms with Gasteiger partial charge in [-0.1, -0.05) is 11.8 Å². The Bertz CT molecular complexity index is 680. The molecule has 0 radical (unpaired) electrons. The first-order chi connectivity index (χ1) is 11.3. The molecule has 10 nitrogen and oxygen atoms in total. The molecule has 130 valence electrons. The van der Waals surface area contributed by atoms with Crippen molar-refractivity contribution in [2.45, 2.75) is 35.3 Å². The first-order valence-corrected chi connectivity index (χ1v) is 8.21. The Morgan fingerprint density at radius 1 is 1.50 bits per heavy atom. The van der Waals surface area contributed by atoms with Crippen molar-refractivity contribution in [2.24, 2.45) is 23.5 Å². The maximum atomic E-state index is 12.0. The minimum absolute atomic E-state index is 0.102. The monoisotopic (exact) mass is 355 g/mol. The molecule has 0 aliphatic heterocycles. The molecule has 1 aromatic rings. The van der Waals surface area contributed by atoms with Crippen LogP contribution in [-0.4, -0.2) is 60.1 Å². The van der Waals surface area contributed by atoms with Gasteiger partial charge in [0.2, 0.25) is 5.91 Å². The topological polar surface area (TPSA) is 171 Å². The van der Waals surface area contributed by atoms with Gasteiger partial charge in [0.1, 0.15) is 11.9 Å². The van der Waals surface area contributed by atoms with Crippen LogP contribution in [0.3, 0.4) is 0 Å². The molecule has 0 bridgehead atoms. The Kier molecular flexibility index (Phi) is 4.00. The van der Waals surface area contributed by atoms with E-state index in [4.69, 9.17) is 5.73 Å². The smallest absolute Gasteiger partial charge is 0.329 e. The standard InChI is InChI=1S/C13H17N5O5S/c1-4(14)9(19)17-13(11(22)23)2-5(24-12-15-3-16-18-12)6-7(8(6)13)10(20)21/h3-8H,2,14H2,1H3,(H,17,19)(H,20,21)(H,22,23)(H,15,16,18)/t4-,5+,6-,7-,8-,13+/m0/s1. The van der Waals surface area contributed by atoms with Crippen molar-refractivity contribution >= 4 is 29.6 Å². The molecule has 6 N–H and O–H groups in total. The number of aromatic nitrogens is 3. The van der Waals surface area contributed by atoms with Crippen LogP contribution in [0.5, 0.6) is 0 Å². The van der Waals surface area contributed by atoms with Gasteiger partial charge in [-0.15, -0.1) is 0 Å². The van der Waals surface area contributed by atoms with Crippen LogP contribution in [0.15, 0.2) is 11.5 Å². The predicted octanol–water partition coefficient (Wildman–Crippen LogP) is -1.10. The van der Waals surface area contributed by atoms with Crippen molar-refractivity contribution in [2.75, 3.05) is 0 Å². The second-order valence-electron chi connectivity index (χ2n) is 6.17. The minimum atomic E-state index is -1.63. The molecule has 2 saturated carbocycles. The van der Waals surface area contributed by atoms with Gasteiger partial charge in [0, 0.05) is 11.2 Å². The van der Waals surface area contributed by atoms with Crippen LogP contribution in [0.4, 0.5) is 0 Å². The minimum Gasteiger partial charge on any atom is -0.481 e. The molecule has 24 heavy (non-hydrogen) atoms. The highest BCUT2D eigenvalue weighted by Gasteiger charge is 2.75.